The minimum Gasteiger partial charge on any atom is -0.444 e. The normalized spacial score (nSPS) is 22.5. The first-order valence-electron chi connectivity index (χ1n) is 7.67. The van der Waals surface area contributed by atoms with Crippen molar-refractivity contribution in [1.29, 1.82) is 0 Å². The van der Waals surface area contributed by atoms with Crippen molar-refractivity contribution in [3.63, 3.8) is 0 Å². The molecule has 5 heteroatoms. The Labute approximate surface area is 131 Å². The molecule has 0 radical (unpaired) electrons. The summed E-state index contributed by atoms with van der Waals surface area (Å²) in [6.45, 7) is 8.34. The molecule has 2 rings (SSSR count). The number of nitrogens with two attached hydrogens (primary N) is 1. The van der Waals surface area contributed by atoms with Crippen molar-refractivity contribution in [2.75, 3.05) is 13.1 Å². The van der Waals surface area contributed by atoms with Gasteiger partial charge in [0.1, 0.15) is 11.4 Å². The second-order valence-corrected chi connectivity index (χ2v) is 6.99. The summed E-state index contributed by atoms with van der Waals surface area (Å²) in [6.07, 6.45) is 0.433. The Balaban J connectivity index is 2.03. The van der Waals surface area contributed by atoms with Gasteiger partial charge in [-0.25, -0.2) is 9.18 Å². The Bertz CT molecular complexity index is 554. The fourth-order valence-electron chi connectivity index (χ4n) is 2.79. The van der Waals surface area contributed by atoms with E-state index in [0.717, 1.165) is 12.0 Å². The van der Waals surface area contributed by atoms with Gasteiger partial charge in [0.15, 0.2) is 0 Å². The first kappa shape index (κ1) is 16.7. The van der Waals surface area contributed by atoms with E-state index in [9.17, 15) is 9.18 Å². The van der Waals surface area contributed by atoms with Gasteiger partial charge in [0.05, 0.1) is 0 Å². The first-order valence-corrected chi connectivity index (χ1v) is 7.67. The summed E-state index contributed by atoms with van der Waals surface area (Å²) in [5, 5.41) is 0. The molecule has 1 amide bonds. The molecule has 0 aliphatic carbocycles. The average molecular weight is 308 g/mol. The molecule has 2 N–H and O–H groups in total. The van der Waals surface area contributed by atoms with Crippen molar-refractivity contribution in [2.45, 2.75) is 51.7 Å². The minimum atomic E-state index is -0.508. The maximum absolute atomic E-state index is 13.4. The molecule has 4 nitrogen and oxygen atoms in total. The molecular formula is C17H25FN2O2. The highest BCUT2D eigenvalue weighted by Crippen LogP contribution is 2.29. The Morgan fingerprint density at radius 2 is 2.09 bits per heavy atom. The van der Waals surface area contributed by atoms with Crippen LogP contribution in [0.4, 0.5) is 9.18 Å². The van der Waals surface area contributed by atoms with E-state index in [-0.39, 0.29) is 23.9 Å². The van der Waals surface area contributed by atoms with Gasteiger partial charge in [-0.1, -0.05) is 12.1 Å². The van der Waals surface area contributed by atoms with Crippen LogP contribution in [-0.4, -0.2) is 35.7 Å². The minimum absolute atomic E-state index is 0.137. The van der Waals surface area contributed by atoms with E-state index in [1.54, 1.807) is 17.9 Å². The van der Waals surface area contributed by atoms with Crippen LogP contribution < -0.4 is 5.73 Å². The molecule has 1 saturated heterocycles. The highest BCUT2D eigenvalue weighted by molar-refractivity contribution is 5.68. The van der Waals surface area contributed by atoms with Gasteiger partial charge in [0.25, 0.3) is 0 Å². The maximum atomic E-state index is 13.4. The molecule has 0 spiro atoms. The summed E-state index contributed by atoms with van der Waals surface area (Å²) in [7, 11) is 0. The van der Waals surface area contributed by atoms with E-state index >= 15 is 0 Å². The molecule has 22 heavy (non-hydrogen) atoms. The molecular weight excluding hydrogens is 283 g/mol. The number of amides is 1. The van der Waals surface area contributed by atoms with Crippen molar-refractivity contribution in [2.24, 2.45) is 5.73 Å². The van der Waals surface area contributed by atoms with Gasteiger partial charge < -0.3 is 15.4 Å². The SMILES string of the molecule is Cc1cc([C@@H]2CCN(C(=O)OC(C)(C)C)C[C@@H]2N)ccc1F. The number of hydrogen-bond acceptors (Lipinski definition) is 3. The zero-order chi connectivity index (χ0) is 16.5. The maximum Gasteiger partial charge on any atom is 0.410 e. The summed E-state index contributed by atoms with van der Waals surface area (Å²) in [5.41, 5.74) is 7.40. The molecule has 1 aromatic carbocycles. The third kappa shape index (κ3) is 3.97. The molecule has 122 valence electrons. The van der Waals surface area contributed by atoms with Crippen LogP contribution in [0.25, 0.3) is 0 Å². The monoisotopic (exact) mass is 308 g/mol. The van der Waals surface area contributed by atoms with E-state index in [1.165, 1.54) is 6.07 Å². The highest BCUT2D eigenvalue weighted by atomic mass is 19.1. The van der Waals surface area contributed by atoms with Crippen LogP contribution >= 0.6 is 0 Å². The third-order valence-corrected chi connectivity index (χ3v) is 3.92. The van der Waals surface area contributed by atoms with Crippen LogP contribution in [0.5, 0.6) is 0 Å². The van der Waals surface area contributed by atoms with Gasteiger partial charge >= 0.3 is 6.09 Å². The Morgan fingerprint density at radius 1 is 1.41 bits per heavy atom. The number of halogens is 1. The van der Waals surface area contributed by atoms with E-state index in [4.69, 9.17) is 10.5 Å². The van der Waals surface area contributed by atoms with Crippen molar-refractivity contribution in [3.8, 4) is 0 Å². The Hall–Kier alpha value is -1.62. The van der Waals surface area contributed by atoms with E-state index in [1.807, 2.05) is 26.8 Å². The number of likely N-dealkylation sites (tertiary alicyclic amines) is 1. The molecule has 0 bridgehead atoms. The Kier molecular flexibility index (Phi) is 4.75. The largest absolute Gasteiger partial charge is 0.444 e. The van der Waals surface area contributed by atoms with E-state index in [0.29, 0.717) is 18.7 Å². The molecule has 0 saturated carbocycles. The second-order valence-electron chi connectivity index (χ2n) is 6.99. The summed E-state index contributed by atoms with van der Waals surface area (Å²) in [6, 6.07) is 4.95. The van der Waals surface area contributed by atoms with Crippen LogP contribution in [0.15, 0.2) is 18.2 Å². The molecule has 1 fully saturated rings. The lowest BCUT2D eigenvalue weighted by Gasteiger charge is -2.37. The van der Waals surface area contributed by atoms with Gasteiger partial charge in [-0.05, 0) is 51.3 Å². The number of ether oxygens (including phenoxy) is 1. The van der Waals surface area contributed by atoms with Gasteiger partial charge in [-0.2, -0.15) is 0 Å². The molecule has 1 aliphatic heterocycles. The standard InChI is InChI=1S/C17H25FN2O2/c1-11-9-12(5-6-14(11)18)13-7-8-20(10-15(13)19)16(21)22-17(2,3)4/h5-6,9,13,15H,7-8,10,19H2,1-4H3/t13-,15-/m0/s1. The third-order valence-electron chi connectivity index (χ3n) is 3.92. The number of rotatable bonds is 1. The van der Waals surface area contributed by atoms with E-state index < -0.39 is 5.60 Å². The number of nitrogens with zero attached hydrogens (tertiary/aromatic N) is 1. The van der Waals surface area contributed by atoms with Gasteiger partial charge in [-0.3, -0.25) is 0 Å². The second kappa shape index (κ2) is 6.24. The number of benzene rings is 1. The number of aryl methyl sites for hydroxylation is 1. The lowest BCUT2D eigenvalue weighted by atomic mass is 9.85. The van der Waals surface area contributed by atoms with E-state index in [2.05, 4.69) is 0 Å². The van der Waals surface area contributed by atoms with Crippen LogP contribution in [0.1, 0.15) is 44.2 Å². The smallest absolute Gasteiger partial charge is 0.410 e. The van der Waals surface area contributed by atoms with Crippen molar-refractivity contribution in [3.05, 3.63) is 35.1 Å². The molecule has 2 atom stereocenters. The summed E-state index contributed by atoms with van der Waals surface area (Å²) in [5.74, 6) is -0.0681. The molecule has 0 unspecified atom stereocenters. The average Bonchev–Trinajstić information content (AvgIpc) is 2.40. The topological polar surface area (TPSA) is 55.6 Å². The zero-order valence-corrected chi connectivity index (χ0v) is 13.7. The molecule has 1 aromatic rings. The van der Waals surface area contributed by atoms with Gasteiger partial charge in [0.2, 0.25) is 0 Å². The van der Waals surface area contributed by atoms with Gasteiger partial charge in [0, 0.05) is 25.0 Å². The fourth-order valence-corrected chi connectivity index (χ4v) is 2.79. The molecule has 1 heterocycles. The zero-order valence-electron chi connectivity index (χ0n) is 13.7. The number of carbonyl (C=O) groups excluding carboxylic acids is 1. The predicted octanol–water partition coefficient (Wildman–Crippen LogP) is 3.19. The van der Waals surface area contributed by atoms with Crippen molar-refractivity contribution in [1.82, 2.24) is 4.90 Å². The van der Waals surface area contributed by atoms with Crippen LogP contribution in [0.2, 0.25) is 0 Å². The molecule has 0 aromatic heterocycles. The fraction of sp³-hybridized carbons (Fsp3) is 0.588. The van der Waals surface area contributed by atoms with Crippen LogP contribution in [-0.2, 0) is 4.74 Å². The summed E-state index contributed by atoms with van der Waals surface area (Å²) >= 11 is 0. The lowest BCUT2D eigenvalue weighted by Crippen LogP contribution is -2.50. The summed E-state index contributed by atoms with van der Waals surface area (Å²) in [4.78, 5) is 13.8. The van der Waals surface area contributed by atoms with Crippen molar-refractivity contribution < 1.29 is 13.9 Å². The van der Waals surface area contributed by atoms with Crippen LogP contribution in [0, 0.1) is 12.7 Å². The predicted molar refractivity (Wildman–Crippen MR) is 84.3 cm³/mol. The number of piperidine rings is 1. The van der Waals surface area contributed by atoms with Gasteiger partial charge in [-0.15, -0.1) is 0 Å². The quantitative estimate of drug-likeness (QED) is 0.867. The Morgan fingerprint density at radius 3 is 2.64 bits per heavy atom. The lowest BCUT2D eigenvalue weighted by molar-refractivity contribution is 0.0186. The summed E-state index contributed by atoms with van der Waals surface area (Å²) < 4.78 is 18.8. The first-order chi connectivity index (χ1) is 10.2. The van der Waals surface area contributed by atoms with Crippen LogP contribution in [0.3, 0.4) is 0 Å². The number of carbonyl (C=O) groups is 1. The van der Waals surface area contributed by atoms with Crippen molar-refractivity contribution >= 4 is 6.09 Å². The highest BCUT2D eigenvalue weighted by Gasteiger charge is 2.32. The number of hydrogen-bond donors (Lipinski definition) is 1. The molecule has 1 aliphatic rings.